The molecule has 0 radical (unpaired) electrons. The lowest BCUT2D eigenvalue weighted by molar-refractivity contribution is -0.116. The highest BCUT2D eigenvalue weighted by Gasteiger charge is 2.31. The van der Waals surface area contributed by atoms with Crippen LogP contribution in [-0.2, 0) is 11.2 Å². The van der Waals surface area contributed by atoms with Gasteiger partial charge >= 0.3 is 0 Å². The first-order valence-electron chi connectivity index (χ1n) is 7.42. The van der Waals surface area contributed by atoms with Crippen molar-refractivity contribution in [2.75, 3.05) is 5.32 Å². The molecule has 3 nitrogen and oxygen atoms in total. The Kier molecular flexibility index (Phi) is 3.71. The van der Waals surface area contributed by atoms with E-state index >= 15 is 0 Å². The van der Waals surface area contributed by atoms with Gasteiger partial charge in [0.2, 0.25) is 5.91 Å². The van der Waals surface area contributed by atoms with Crippen LogP contribution in [0.5, 0.6) is 0 Å². The summed E-state index contributed by atoms with van der Waals surface area (Å²) in [6.07, 6.45) is -0.0800. The van der Waals surface area contributed by atoms with Crippen molar-refractivity contribution in [1.82, 2.24) is 0 Å². The second-order valence-electron chi connectivity index (χ2n) is 5.67. The number of rotatable bonds is 3. The van der Waals surface area contributed by atoms with Gasteiger partial charge in [-0.1, -0.05) is 31.2 Å². The van der Waals surface area contributed by atoms with Crippen LogP contribution in [0.2, 0.25) is 0 Å². The van der Waals surface area contributed by atoms with Crippen LogP contribution in [-0.4, -0.2) is 11.0 Å². The Labute approximate surface area is 128 Å². The van der Waals surface area contributed by atoms with Crippen LogP contribution >= 0.6 is 0 Å². The van der Waals surface area contributed by atoms with Crippen LogP contribution in [0.4, 0.5) is 10.1 Å². The number of aliphatic hydroxyl groups is 1. The molecule has 0 bridgehead atoms. The van der Waals surface area contributed by atoms with Crippen LogP contribution < -0.4 is 5.32 Å². The first kappa shape index (κ1) is 14.7. The minimum absolute atomic E-state index is 0.0594. The molecule has 1 aliphatic rings. The number of nitrogens with one attached hydrogen (secondary N) is 1. The van der Waals surface area contributed by atoms with Crippen LogP contribution in [0.15, 0.2) is 36.4 Å². The summed E-state index contributed by atoms with van der Waals surface area (Å²) in [6.45, 7) is 3.89. The van der Waals surface area contributed by atoms with Gasteiger partial charge in [-0.2, -0.15) is 0 Å². The average Bonchev–Trinajstić information content (AvgIpc) is 2.81. The highest BCUT2D eigenvalue weighted by atomic mass is 19.1. The van der Waals surface area contributed by atoms with Gasteiger partial charge in [0, 0.05) is 5.56 Å². The maximum absolute atomic E-state index is 13.1. The van der Waals surface area contributed by atoms with E-state index in [1.54, 1.807) is 12.1 Å². The van der Waals surface area contributed by atoms with Crippen molar-refractivity contribution in [2.45, 2.75) is 32.3 Å². The van der Waals surface area contributed by atoms with Gasteiger partial charge in [-0.05, 0) is 42.2 Å². The molecule has 114 valence electrons. The lowest BCUT2D eigenvalue weighted by Crippen LogP contribution is -2.10. The molecule has 4 heteroatoms. The second kappa shape index (κ2) is 5.54. The first-order chi connectivity index (χ1) is 10.5. The van der Waals surface area contributed by atoms with Crippen molar-refractivity contribution in [2.24, 2.45) is 0 Å². The molecule has 1 aliphatic heterocycles. The first-order valence-corrected chi connectivity index (χ1v) is 7.42. The Morgan fingerprint density at radius 1 is 1.27 bits per heavy atom. The zero-order valence-electron chi connectivity index (χ0n) is 12.6. The second-order valence-corrected chi connectivity index (χ2v) is 5.67. The van der Waals surface area contributed by atoms with Crippen molar-refractivity contribution in [3.05, 3.63) is 64.5 Å². The summed E-state index contributed by atoms with van der Waals surface area (Å²) in [7, 11) is 0. The molecule has 0 spiro atoms. The van der Waals surface area contributed by atoms with Gasteiger partial charge in [0.25, 0.3) is 0 Å². The van der Waals surface area contributed by atoms with Gasteiger partial charge < -0.3 is 10.4 Å². The molecule has 0 saturated carbocycles. The minimum atomic E-state index is -0.897. The van der Waals surface area contributed by atoms with Gasteiger partial charge in [-0.3, -0.25) is 4.79 Å². The molecule has 3 rings (SSSR count). The van der Waals surface area contributed by atoms with Crippen molar-refractivity contribution >= 4 is 11.6 Å². The smallest absolute Gasteiger partial charge is 0.231 e. The predicted octanol–water partition coefficient (Wildman–Crippen LogP) is 3.53. The molecule has 1 amide bonds. The topological polar surface area (TPSA) is 49.3 Å². The molecule has 2 aromatic carbocycles. The largest absolute Gasteiger partial charge is 0.384 e. The number of halogens is 1. The number of fused-ring (bicyclic) bond motifs is 1. The molecule has 2 N–H and O–H groups in total. The Balaban J connectivity index is 2.10. The van der Waals surface area contributed by atoms with E-state index in [2.05, 4.69) is 5.32 Å². The van der Waals surface area contributed by atoms with E-state index in [4.69, 9.17) is 0 Å². The monoisotopic (exact) mass is 299 g/mol. The van der Waals surface area contributed by atoms with Crippen LogP contribution in [0, 0.1) is 5.82 Å². The maximum atomic E-state index is 13.1. The molecule has 0 saturated heterocycles. The van der Waals surface area contributed by atoms with Gasteiger partial charge in [-0.25, -0.2) is 4.39 Å². The van der Waals surface area contributed by atoms with Crippen LogP contribution in [0.25, 0.3) is 0 Å². The van der Waals surface area contributed by atoms with Crippen molar-refractivity contribution in [1.29, 1.82) is 0 Å². The summed E-state index contributed by atoms with van der Waals surface area (Å²) in [4.78, 5) is 11.9. The minimum Gasteiger partial charge on any atom is -0.384 e. The predicted molar refractivity (Wildman–Crippen MR) is 83.3 cm³/mol. The van der Waals surface area contributed by atoms with E-state index in [-0.39, 0.29) is 17.6 Å². The van der Waals surface area contributed by atoms with Crippen molar-refractivity contribution in [3.63, 3.8) is 0 Å². The summed E-state index contributed by atoms with van der Waals surface area (Å²) in [5.74, 6) is -0.623. The van der Waals surface area contributed by atoms with Crippen molar-refractivity contribution in [3.8, 4) is 0 Å². The summed E-state index contributed by atoms with van der Waals surface area (Å²) in [5, 5.41) is 13.5. The number of benzene rings is 2. The summed E-state index contributed by atoms with van der Waals surface area (Å²) >= 11 is 0. The lowest BCUT2D eigenvalue weighted by Gasteiger charge is -2.17. The zero-order valence-corrected chi connectivity index (χ0v) is 12.6. The maximum Gasteiger partial charge on any atom is 0.231 e. The molecule has 0 fully saturated rings. The zero-order chi connectivity index (χ0) is 15.9. The molecule has 22 heavy (non-hydrogen) atoms. The van der Waals surface area contributed by atoms with E-state index in [0.717, 1.165) is 17.5 Å². The fourth-order valence-electron chi connectivity index (χ4n) is 2.86. The van der Waals surface area contributed by atoms with E-state index in [9.17, 15) is 14.3 Å². The molecule has 0 aliphatic carbocycles. The fraction of sp³-hybridized carbons (Fsp3) is 0.278. The standard InChI is InChI=1S/C18H18FNO2/c1-3-11-8-14-10(2)18(22)20-16(14)15(9-11)17(21)12-4-6-13(19)7-5-12/h4-10,17,21H,3H2,1-2H3,(H,20,22). The normalized spacial score (nSPS) is 18.0. The Morgan fingerprint density at radius 3 is 2.59 bits per heavy atom. The van der Waals surface area contributed by atoms with E-state index in [1.807, 2.05) is 26.0 Å². The number of aliphatic hydroxyl groups excluding tert-OH is 1. The Bertz CT molecular complexity index is 725. The van der Waals surface area contributed by atoms with Crippen LogP contribution in [0.3, 0.4) is 0 Å². The average molecular weight is 299 g/mol. The molecular formula is C18H18FNO2. The summed E-state index contributed by atoms with van der Waals surface area (Å²) in [5.41, 5.74) is 3.94. The van der Waals surface area contributed by atoms with E-state index in [1.165, 1.54) is 12.1 Å². The molecule has 1 heterocycles. The number of anilines is 1. The third-order valence-electron chi connectivity index (χ3n) is 4.26. The summed E-state index contributed by atoms with van der Waals surface area (Å²) in [6, 6.07) is 9.69. The molecule has 2 atom stereocenters. The SMILES string of the molecule is CCc1cc2c(c(C(O)c3ccc(F)cc3)c1)NC(=O)C2C. The molecule has 0 aromatic heterocycles. The number of hydrogen-bond donors (Lipinski definition) is 2. The third kappa shape index (κ3) is 2.40. The number of aryl methyl sites for hydroxylation is 1. The van der Waals surface area contributed by atoms with Gasteiger partial charge in [0.1, 0.15) is 11.9 Å². The number of carbonyl (C=O) groups is 1. The van der Waals surface area contributed by atoms with Gasteiger partial charge in [0.05, 0.1) is 11.6 Å². The number of amides is 1. The Morgan fingerprint density at radius 2 is 1.95 bits per heavy atom. The van der Waals surface area contributed by atoms with Gasteiger partial charge in [-0.15, -0.1) is 0 Å². The Hall–Kier alpha value is -2.20. The van der Waals surface area contributed by atoms with Gasteiger partial charge in [0.15, 0.2) is 0 Å². The van der Waals surface area contributed by atoms with E-state index in [0.29, 0.717) is 16.8 Å². The third-order valence-corrected chi connectivity index (χ3v) is 4.26. The quantitative estimate of drug-likeness (QED) is 0.911. The highest BCUT2D eigenvalue weighted by Crippen LogP contribution is 2.40. The fourth-order valence-corrected chi connectivity index (χ4v) is 2.86. The van der Waals surface area contributed by atoms with E-state index < -0.39 is 6.10 Å². The summed E-state index contributed by atoms with van der Waals surface area (Å²) < 4.78 is 13.1. The van der Waals surface area contributed by atoms with Crippen LogP contribution in [0.1, 0.15) is 48.1 Å². The molecular weight excluding hydrogens is 281 g/mol. The van der Waals surface area contributed by atoms with Crippen molar-refractivity contribution < 1.29 is 14.3 Å². The lowest BCUT2D eigenvalue weighted by atomic mass is 9.92. The highest BCUT2D eigenvalue weighted by molar-refractivity contribution is 6.03. The number of hydrogen-bond acceptors (Lipinski definition) is 2. The number of carbonyl (C=O) groups excluding carboxylic acids is 1. The molecule has 2 aromatic rings. The molecule has 2 unspecified atom stereocenters.